The van der Waals surface area contributed by atoms with E-state index in [1.165, 1.54) is 7.11 Å². The van der Waals surface area contributed by atoms with Gasteiger partial charge >= 0.3 is 5.97 Å². The number of ether oxygens (including phenoxy) is 1. The third-order valence-electron chi connectivity index (χ3n) is 2.97. The van der Waals surface area contributed by atoms with Crippen LogP contribution >= 0.6 is 0 Å². The Kier molecular flexibility index (Phi) is 6.55. The second-order valence-corrected chi connectivity index (χ2v) is 4.51. The van der Waals surface area contributed by atoms with E-state index >= 15 is 0 Å². The van der Waals surface area contributed by atoms with Crippen LogP contribution in [0.2, 0.25) is 0 Å². The van der Waals surface area contributed by atoms with E-state index in [0.29, 0.717) is 6.42 Å². The zero-order valence-corrected chi connectivity index (χ0v) is 11.4. The molecular formula is C15H22N4O2. The maximum Gasteiger partial charge on any atom is 0.323 e. The summed E-state index contributed by atoms with van der Waals surface area (Å²) >= 11 is 0. The maximum atomic E-state index is 11.2. The van der Waals surface area contributed by atoms with Crippen molar-refractivity contribution in [3.63, 3.8) is 0 Å². The van der Waals surface area contributed by atoms with E-state index in [9.17, 15) is 4.79 Å². The SMILES string of the molecule is C.COC(=O)[C@@H](N)Cc1cn(CCc2ccccn2)cn1. The van der Waals surface area contributed by atoms with Crippen molar-refractivity contribution >= 4 is 5.97 Å². The Morgan fingerprint density at radius 3 is 2.86 bits per heavy atom. The van der Waals surface area contributed by atoms with Crippen LogP contribution in [-0.2, 0) is 28.9 Å². The summed E-state index contributed by atoms with van der Waals surface area (Å²) in [5, 5.41) is 0. The second kappa shape index (κ2) is 8.16. The first-order valence-electron chi connectivity index (χ1n) is 6.43. The number of hydrogen-bond donors (Lipinski definition) is 1. The quantitative estimate of drug-likeness (QED) is 0.808. The van der Waals surface area contributed by atoms with Crippen LogP contribution in [0, 0.1) is 0 Å². The highest BCUT2D eigenvalue weighted by molar-refractivity contribution is 5.75. The first-order valence-corrected chi connectivity index (χ1v) is 6.43. The van der Waals surface area contributed by atoms with Gasteiger partial charge in [-0.15, -0.1) is 0 Å². The smallest absolute Gasteiger partial charge is 0.323 e. The van der Waals surface area contributed by atoms with E-state index in [4.69, 9.17) is 5.73 Å². The third kappa shape index (κ3) is 5.00. The highest BCUT2D eigenvalue weighted by atomic mass is 16.5. The van der Waals surface area contributed by atoms with Crippen LogP contribution in [0.15, 0.2) is 36.9 Å². The van der Waals surface area contributed by atoms with Crippen LogP contribution < -0.4 is 5.73 Å². The molecule has 6 nitrogen and oxygen atoms in total. The Bertz CT molecular complexity index is 554. The molecule has 0 aromatic carbocycles. The predicted molar refractivity (Wildman–Crippen MR) is 80.6 cm³/mol. The van der Waals surface area contributed by atoms with Gasteiger partial charge in [0.1, 0.15) is 6.04 Å². The van der Waals surface area contributed by atoms with E-state index in [2.05, 4.69) is 14.7 Å². The first-order chi connectivity index (χ1) is 9.69. The molecule has 2 aromatic heterocycles. The number of aromatic nitrogens is 3. The summed E-state index contributed by atoms with van der Waals surface area (Å²) in [5.74, 6) is -0.423. The molecule has 21 heavy (non-hydrogen) atoms. The summed E-state index contributed by atoms with van der Waals surface area (Å²) in [7, 11) is 1.33. The summed E-state index contributed by atoms with van der Waals surface area (Å²) in [5.41, 5.74) is 7.52. The average molecular weight is 290 g/mol. The summed E-state index contributed by atoms with van der Waals surface area (Å²) in [6.45, 7) is 0.789. The van der Waals surface area contributed by atoms with Crippen molar-refractivity contribution in [2.24, 2.45) is 5.73 Å². The van der Waals surface area contributed by atoms with Gasteiger partial charge < -0.3 is 15.0 Å². The molecule has 0 unspecified atom stereocenters. The van der Waals surface area contributed by atoms with Crippen LogP contribution in [0.5, 0.6) is 0 Å². The normalized spacial score (nSPS) is 11.5. The number of esters is 1. The van der Waals surface area contributed by atoms with Crippen molar-refractivity contribution < 1.29 is 9.53 Å². The number of nitrogens with zero attached hydrogens (tertiary/aromatic N) is 3. The van der Waals surface area contributed by atoms with Crippen molar-refractivity contribution in [1.29, 1.82) is 0 Å². The first kappa shape index (κ1) is 16.8. The molecule has 0 spiro atoms. The Balaban J connectivity index is 0.00000220. The zero-order chi connectivity index (χ0) is 14.4. The van der Waals surface area contributed by atoms with E-state index in [1.54, 1.807) is 12.5 Å². The maximum absolute atomic E-state index is 11.2. The van der Waals surface area contributed by atoms with Gasteiger partial charge in [0.05, 0.1) is 19.1 Å². The Hall–Kier alpha value is -2.21. The molecule has 0 aliphatic rings. The van der Waals surface area contributed by atoms with Gasteiger partial charge in [-0.3, -0.25) is 9.78 Å². The number of carbonyl (C=O) groups excluding carboxylic acids is 1. The molecular weight excluding hydrogens is 268 g/mol. The summed E-state index contributed by atoms with van der Waals surface area (Å²) in [6, 6.07) is 5.19. The minimum absolute atomic E-state index is 0. The van der Waals surface area contributed by atoms with E-state index in [1.807, 2.05) is 29.0 Å². The van der Waals surface area contributed by atoms with Crippen molar-refractivity contribution in [2.75, 3.05) is 7.11 Å². The van der Waals surface area contributed by atoms with Gasteiger partial charge in [-0.25, -0.2) is 4.98 Å². The minimum atomic E-state index is -0.667. The molecule has 0 amide bonds. The number of nitrogens with two attached hydrogens (primary N) is 1. The van der Waals surface area contributed by atoms with Crippen molar-refractivity contribution in [3.05, 3.63) is 48.3 Å². The molecule has 2 heterocycles. The molecule has 2 N–H and O–H groups in total. The van der Waals surface area contributed by atoms with Gasteiger partial charge in [0.2, 0.25) is 0 Å². The van der Waals surface area contributed by atoms with Gasteiger partial charge in [0.25, 0.3) is 0 Å². The summed E-state index contributed by atoms with van der Waals surface area (Å²) < 4.78 is 6.56. The molecule has 114 valence electrons. The average Bonchev–Trinajstić information content (AvgIpc) is 2.92. The number of carbonyl (C=O) groups is 1. The Morgan fingerprint density at radius 1 is 1.38 bits per heavy atom. The zero-order valence-electron chi connectivity index (χ0n) is 11.4. The van der Waals surface area contributed by atoms with Gasteiger partial charge in [-0.1, -0.05) is 13.5 Å². The molecule has 2 aromatic rings. The van der Waals surface area contributed by atoms with E-state index in [-0.39, 0.29) is 7.43 Å². The lowest BCUT2D eigenvalue weighted by Crippen LogP contribution is -2.33. The van der Waals surface area contributed by atoms with Crippen LogP contribution in [0.3, 0.4) is 0 Å². The monoisotopic (exact) mass is 290 g/mol. The Morgan fingerprint density at radius 2 is 2.19 bits per heavy atom. The van der Waals surface area contributed by atoms with Gasteiger partial charge in [-0.2, -0.15) is 0 Å². The highest BCUT2D eigenvalue weighted by Gasteiger charge is 2.15. The third-order valence-corrected chi connectivity index (χ3v) is 2.97. The van der Waals surface area contributed by atoms with Crippen LogP contribution in [0.4, 0.5) is 0 Å². The lowest BCUT2D eigenvalue weighted by molar-refractivity contribution is -0.142. The lowest BCUT2D eigenvalue weighted by Gasteiger charge is -2.06. The highest BCUT2D eigenvalue weighted by Crippen LogP contribution is 2.03. The molecule has 0 saturated heterocycles. The van der Waals surface area contributed by atoms with E-state index in [0.717, 1.165) is 24.4 Å². The molecule has 0 aliphatic heterocycles. The van der Waals surface area contributed by atoms with Crippen molar-refractivity contribution in [2.45, 2.75) is 32.9 Å². The topological polar surface area (TPSA) is 83.0 Å². The molecule has 0 aliphatic carbocycles. The predicted octanol–water partition coefficient (Wildman–Crippen LogP) is 1.20. The van der Waals surface area contributed by atoms with Crippen LogP contribution in [0.25, 0.3) is 0 Å². The number of hydrogen-bond acceptors (Lipinski definition) is 5. The molecule has 1 atom stereocenters. The number of rotatable bonds is 6. The second-order valence-electron chi connectivity index (χ2n) is 4.51. The molecule has 6 heteroatoms. The summed E-state index contributed by atoms with van der Waals surface area (Å²) in [4.78, 5) is 19.8. The summed E-state index contributed by atoms with van der Waals surface area (Å²) in [6.07, 6.45) is 6.63. The van der Waals surface area contributed by atoms with Crippen molar-refractivity contribution in [1.82, 2.24) is 14.5 Å². The van der Waals surface area contributed by atoms with Crippen LogP contribution in [0.1, 0.15) is 18.8 Å². The lowest BCUT2D eigenvalue weighted by atomic mass is 10.2. The molecule has 0 bridgehead atoms. The number of methoxy groups -OCH3 is 1. The van der Waals surface area contributed by atoms with Gasteiger partial charge in [0.15, 0.2) is 0 Å². The van der Waals surface area contributed by atoms with Gasteiger partial charge in [-0.05, 0) is 12.1 Å². The standard InChI is InChI=1S/C14H18N4O2.CH4/c1-20-14(19)13(15)8-12-9-18(10-17-12)7-5-11-4-2-3-6-16-11;/h2-4,6,9-10,13H,5,7-8,15H2,1H3;1H4/t13-;/m0./s1. The molecule has 2 rings (SSSR count). The molecule has 0 radical (unpaired) electrons. The fourth-order valence-electron chi connectivity index (χ4n) is 1.88. The molecule has 0 saturated carbocycles. The minimum Gasteiger partial charge on any atom is -0.468 e. The number of pyridine rings is 1. The molecule has 0 fully saturated rings. The largest absolute Gasteiger partial charge is 0.468 e. The number of aryl methyl sites for hydroxylation is 2. The van der Waals surface area contributed by atoms with Crippen molar-refractivity contribution in [3.8, 4) is 0 Å². The van der Waals surface area contributed by atoms with E-state index < -0.39 is 12.0 Å². The fourth-order valence-corrected chi connectivity index (χ4v) is 1.88. The fraction of sp³-hybridized carbons (Fsp3) is 0.400. The number of imidazole rings is 1. The van der Waals surface area contributed by atoms with Gasteiger partial charge in [0, 0.05) is 37.5 Å². The van der Waals surface area contributed by atoms with Crippen LogP contribution in [-0.4, -0.2) is 33.7 Å². The Labute approximate surface area is 125 Å².